The van der Waals surface area contributed by atoms with E-state index in [0.717, 1.165) is 12.1 Å². The smallest absolute Gasteiger partial charge is 0.198 e. The summed E-state index contributed by atoms with van der Waals surface area (Å²) in [4.78, 5) is 13.2. The zero-order chi connectivity index (χ0) is 25.2. The molecule has 10 heteroatoms. The number of rotatable bonds is 6. The Hall–Kier alpha value is -3.82. The first kappa shape index (κ1) is 23.9. The normalized spacial score (nSPS) is 17.2. The summed E-state index contributed by atoms with van der Waals surface area (Å²) in [5.41, 5.74) is 1.94. The quantitative estimate of drug-likeness (QED) is 0.306. The number of fused-ring (bicyclic) bond motifs is 1. The Labute approximate surface area is 210 Å². The van der Waals surface area contributed by atoms with E-state index in [4.69, 9.17) is 21.1 Å². The summed E-state index contributed by atoms with van der Waals surface area (Å²) in [5.74, 6) is -0.974. The first-order valence-corrected chi connectivity index (χ1v) is 11.6. The molecule has 1 aliphatic heterocycles. The van der Waals surface area contributed by atoms with Crippen molar-refractivity contribution in [2.24, 2.45) is 10.9 Å². The van der Waals surface area contributed by atoms with Gasteiger partial charge in [0.1, 0.15) is 17.9 Å². The van der Waals surface area contributed by atoms with Crippen molar-refractivity contribution in [1.82, 2.24) is 9.97 Å². The highest BCUT2D eigenvalue weighted by atomic mass is 35.5. The molecule has 1 aromatic heterocycles. The maximum Gasteiger partial charge on any atom is 0.198 e. The number of aliphatic imine (C=N–C) groups is 1. The molecule has 0 amide bonds. The fraction of sp³-hybridized carbons (Fsp3) is 0.192. The van der Waals surface area contributed by atoms with Crippen molar-refractivity contribution in [3.63, 3.8) is 0 Å². The van der Waals surface area contributed by atoms with Gasteiger partial charge in [0.05, 0.1) is 28.9 Å². The number of nitrogens with one attached hydrogen (secondary N) is 1. The molecule has 2 atom stereocenters. The molecular weight excluding hydrogens is 490 g/mol. The van der Waals surface area contributed by atoms with E-state index in [2.05, 4.69) is 20.3 Å². The van der Waals surface area contributed by atoms with Gasteiger partial charge in [0, 0.05) is 23.4 Å². The number of hydrogen-bond donors (Lipinski definition) is 2. The molecule has 2 heterocycles. The van der Waals surface area contributed by atoms with Gasteiger partial charge in [-0.3, -0.25) is 0 Å². The molecule has 4 aromatic rings. The molecule has 36 heavy (non-hydrogen) atoms. The average molecular weight is 511 g/mol. The van der Waals surface area contributed by atoms with Crippen LogP contribution in [0, 0.1) is 17.6 Å². The Morgan fingerprint density at radius 2 is 1.94 bits per heavy atom. The number of aromatic nitrogens is 2. The topological polar surface area (TPSA) is 88.9 Å². The largest absolute Gasteiger partial charge is 0.480 e. The lowest BCUT2D eigenvalue weighted by atomic mass is 10.0. The number of anilines is 2. The standard InChI is InChI=1S/C26H21ClF2N4O3/c1-14(34)15-9-24(35-12-15)32-16-5-7-22-18(10-16)26(31-13-30-22)33-17-6-8-23(19(27)11-17)36-25-20(28)3-2-4-21(25)29/h2-8,10-11,13-15,34H,9,12H2,1H3,(H,30,31,33)/t14-,15?/m1/s1. The summed E-state index contributed by atoms with van der Waals surface area (Å²) in [5, 5.41) is 13.8. The average Bonchev–Trinajstić information content (AvgIpc) is 3.32. The van der Waals surface area contributed by atoms with Gasteiger partial charge in [-0.15, -0.1) is 0 Å². The Morgan fingerprint density at radius 3 is 2.67 bits per heavy atom. The van der Waals surface area contributed by atoms with E-state index in [1.165, 1.54) is 18.5 Å². The van der Waals surface area contributed by atoms with Crippen molar-refractivity contribution >= 4 is 45.6 Å². The van der Waals surface area contributed by atoms with Gasteiger partial charge in [-0.2, -0.15) is 0 Å². The van der Waals surface area contributed by atoms with Crippen LogP contribution in [0.2, 0.25) is 5.02 Å². The van der Waals surface area contributed by atoms with Gasteiger partial charge in [-0.05, 0) is 55.5 Å². The number of halogens is 3. The predicted octanol–water partition coefficient (Wildman–Crippen LogP) is 6.54. The van der Waals surface area contributed by atoms with Crippen molar-refractivity contribution in [2.45, 2.75) is 19.4 Å². The van der Waals surface area contributed by atoms with Crippen LogP contribution in [-0.4, -0.2) is 33.7 Å². The highest BCUT2D eigenvalue weighted by molar-refractivity contribution is 6.32. The van der Waals surface area contributed by atoms with Crippen LogP contribution in [-0.2, 0) is 4.74 Å². The second-order valence-electron chi connectivity index (χ2n) is 8.37. The van der Waals surface area contributed by atoms with E-state index < -0.39 is 23.5 Å². The molecule has 0 aliphatic carbocycles. The fourth-order valence-electron chi connectivity index (χ4n) is 3.78. The Kier molecular flexibility index (Phi) is 6.67. The lowest BCUT2D eigenvalue weighted by molar-refractivity contribution is 0.114. The van der Waals surface area contributed by atoms with Crippen LogP contribution in [0.25, 0.3) is 10.9 Å². The molecule has 1 fully saturated rings. The van der Waals surface area contributed by atoms with Crippen LogP contribution in [0.5, 0.6) is 11.5 Å². The minimum Gasteiger partial charge on any atom is -0.480 e. The summed E-state index contributed by atoms with van der Waals surface area (Å²) in [7, 11) is 0. The number of hydrogen-bond acceptors (Lipinski definition) is 7. The van der Waals surface area contributed by atoms with Gasteiger partial charge in [0.25, 0.3) is 0 Å². The van der Waals surface area contributed by atoms with E-state index in [0.29, 0.717) is 47.0 Å². The van der Waals surface area contributed by atoms with E-state index in [1.54, 1.807) is 19.1 Å². The third-order valence-electron chi connectivity index (χ3n) is 5.78. The summed E-state index contributed by atoms with van der Waals surface area (Å²) < 4.78 is 38.9. The third kappa shape index (κ3) is 5.07. The van der Waals surface area contributed by atoms with Gasteiger partial charge in [-0.25, -0.2) is 23.7 Å². The molecule has 2 N–H and O–H groups in total. The predicted molar refractivity (Wildman–Crippen MR) is 134 cm³/mol. The van der Waals surface area contributed by atoms with Gasteiger partial charge < -0.3 is 19.9 Å². The maximum atomic E-state index is 13.9. The van der Waals surface area contributed by atoms with Crippen molar-refractivity contribution in [1.29, 1.82) is 0 Å². The summed E-state index contributed by atoms with van der Waals surface area (Å²) in [6, 6.07) is 13.7. The minimum absolute atomic E-state index is 0.0244. The second-order valence-corrected chi connectivity index (χ2v) is 8.78. The lowest BCUT2D eigenvalue weighted by Crippen LogP contribution is -2.15. The Morgan fingerprint density at radius 1 is 1.14 bits per heavy atom. The van der Waals surface area contributed by atoms with Gasteiger partial charge >= 0.3 is 0 Å². The number of aliphatic hydroxyl groups is 1. The summed E-state index contributed by atoms with van der Waals surface area (Å²) in [6.45, 7) is 2.18. The number of aliphatic hydroxyl groups excluding tert-OH is 1. The summed E-state index contributed by atoms with van der Waals surface area (Å²) >= 11 is 6.33. The van der Waals surface area contributed by atoms with Crippen molar-refractivity contribution in [3.05, 3.63) is 77.6 Å². The van der Waals surface area contributed by atoms with Crippen LogP contribution in [0.4, 0.5) is 26.0 Å². The number of ether oxygens (including phenoxy) is 2. The lowest BCUT2D eigenvalue weighted by Gasteiger charge is -2.12. The van der Waals surface area contributed by atoms with Crippen LogP contribution in [0.3, 0.4) is 0 Å². The molecule has 5 rings (SSSR count). The SMILES string of the molecule is C[C@@H](O)C1COC(=Nc2ccc3ncnc(Nc4ccc(Oc5c(F)cccc5F)c(Cl)c4)c3c2)C1. The molecule has 1 unspecified atom stereocenters. The molecular formula is C26H21ClF2N4O3. The molecule has 0 bridgehead atoms. The fourth-order valence-corrected chi connectivity index (χ4v) is 4.00. The van der Waals surface area contributed by atoms with E-state index in [1.807, 2.05) is 18.2 Å². The highest BCUT2D eigenvalue weighted by Crippen LogP contribution is 2.35. The highest BCUT2D eigenvalue weighted by Gasteiger charge is 2.26. The number of benzene rings is 3. The second kappa shape index (κ2) is 10.0. The van der Waals surface area contributed by atoms with Gasteiger partial charge in [-0.1, -0.05) is 17.7 Å². The third-order valence-corrected chi connectivity index (χ3v) is 6.08. The molecule has 184 valence electrons. The van der Waals surface area contributed by atoms with Crippen molar-refractivity contribution < 1.29 is 23.4 Å². The number of para-hydroxylation sites is 1. The van der Waals surface area contributed by atoms with Crippen LogP contribution < -0.4 is 10.1 Å². The zero-order valence-corrected chi connectivity index (χ0v) is 19.8. The molecule has 3 aromatic carbocycles. The van der Waals surface area contributed by atoms with Gasteiger partial charge in [0.15, 0.2) is 23.3 Å². The molecule has 1 aliphatic rings. The first-order valence-electron chi connectivity index (χ1n) is 11.2. The Balaban J connectivity index is 1.39. The van der Waals surface area contributed by atoms with Crippen molar-refractivity contribution in [3.8, 4) is 11.5 Å². The molecule has 0 saturated carbocycles. The first-order chi connectivity index (χ1) is 17.4. The molecule has 1 saturated heterocycles. The molecule has 7 nitrogen and oxygen atoms in total. The van der Waals surface area contributed by atoms with E-state index in [-0.39, 0.29) is 16.7 Å². The van der Waals surface area contributed by atoms with E-state index >= 15 is 0 Å². The molecule has 0 radical (unpaired) electrons. The van der Waals surface area contributed by atoms with Crippen LogP contribution >= 0.6 is 11.6 Å². The van der Waals surface area contributed by atoms with Crippen molar-refractivity contribution in [2.75, 3.05) is 11.9 Å². The minimum atomic E-state index is -0.829. The number of nitrogens with zero attached hydrogens (tertiary/aromatic N) is 3. The molecule has 0 spiro atoms. The van der Waals surface area contributed by atoms with Gasteiger partial charge in [0.2, 0.25) is 0 Å². The zero-order valence-electron chi connectivity index (χ0n) is 19.1. The maximum absolute atomic E-state index is 13.9. The van der Waals surface area contributed by atoms with E-state index in [9.17, 15) is 13.9 Å². The van der Waals surface area contributed by atoms with Crippen LogP contribution in [0.15, 0.2) is 65.9 Å². The summed E-state index contributed by atoms with van der Waals surface area (Å²) in [6.07, 6.45) is 1.53. The monoisotopic (exact) mass is 510 g/mol. The Bertz CT molecular complexity index is 1440. The van der Waals surface area contributed by atoms with Crippen LogP contribution in [0.1, 0.15) is 13.3 Å².